The summed E-state index contributed by atoms with van der Waals surface area (Å²) in [5, 5.41) is 3.40. The highest BCUT2D eigenvalue weighted by molar-refractivity contribution is 5.89. The fourth-order valence-corrected chi connectivity index (χ4v) is 3.02. The quantitative estimate of drug-likeness (QED) is 0.190. The Labute approximate surface area is 166 Å². The van der Waals surface area contributed by atoms with Crippen LogP contribution in [-0.4, -0.2) is 19.1 Å². The van der Waals surface area contributed by atoms with Crippen molar-refractivity contribution >= 4 is 11.7 Å². The Hall–Kier alpha value is -1.77. The van der Waals surface area contributed by atoms with Gasteiger partial charge in [-0.3, -0.25) is 0 Å². The molecule has 3 heteroatoms. The van der Waals surface area contributed by atoms with E-state index >= 15 is 0 Å². The summed E-state index contributed by atoms with van der Waals surface area (Å²) in [4.78, 5) is 11.6. The van der Waals surface area contributed by atoms with Gasteiger partial charge in [0.15, 0.2) is 0 Å². The first-order chi connectivity index (χ1) is 13.3. The number of hydrogen-bond donors (Lipinski definition) is 1. The number of benzene rings is 1. The number of rotatable bonds is 16. The lowest BCUT2D eigenvalue weighted by Gasteiger charge is -2.06. The number of carbonyl (C=O) groups is 1. The molecule has 0 unspecified atom stereocenters. The van der Waals surface area contributed by atoms with Gasteiger partial charge < -0.3 is 10.1 Å². The molecule has 0 saturated heterocycles. The number of hydrogen-bond acceptors (Lipinski definition) is 3. The Kier molecular flexibility index (Phi) is 14.1. The van der Waals surface area contributed by atoms with Crippen molar-refractivity contribution < 1.29 is 9.53 Å². The third-order valence-electron chi connectivity index (χ3n) is 4.66. The Bertz CT molecular complexity index is 508. The van der Waals surface area contributed by atoms with Crippen LogP contribution in [-0.2, 0) is 4.74 Å². The SMILES string of the molecule is CCCCCCCCCC/C=C/CCCNc1ccc(C(=O)OCC)cc1. The Morgan fingerprint density at radius 3 is 2.07 bits per heavy atom. The van der Waals surface area contributed by atoms with Crippen LogP contribution in [0.4, 0.5) is 5.69 Å². The molecule has 152 valence electrons. The third-order valence-corrected chi connectivity index (χ3v) is 4.66. The van der Waals surface area contributed by atoms with Gasteiger partial charge in [0.2, 0.25) is 0 Å². The van der Waals surface area contributed by atoms with Crippen LogP contribution >= 0.6 is 0 Å². The van der Waals surface area contributed by atoms with E-state index in [0.29, 0.717) is 12.2 Å². The molecule has 0 aliphatic rings. The smallest absolute Gasteiger partial charge is 0.338 e. The molecule has 0 fully saturated rings. The zero-order valence-electron chi connectivity index (χ0n) is 17.5. The van der Waals surface area contributed by atoms with Gasteiger partial charge in [-0.1, -0.05) is 64.0 Å². The molecule has 27 heavy (non-hydrogen) atoms. The van der Waals surface area contributed by atoms with Crippen molar-refractivity contribution in [1.82, 2.24) is 0 Å². The minimum atomic E-state index is -0.259. The fourth-order valence-electron chi connectivity index (χ4n) is 3.02. The normalized spacial score (nSPS) is 11.0. The molecule has 3 nitrogen and oxygen atoms in total. The van der Waals surface area contributed by atoms with Gasteiger partial charge >= 0.3 is 5.97 Å². The molecule has 0 radical (unpaired) electrons. The molecule has 1 rings (SSSR count). The highest BCUT2D eigenvalue weighted by atomic mass is 16.5. The van der Waals surface area contributed by atoms with Crippen LogP contribution in [0.1, 0.15) is 94.8 Å². The van der Waals surface area contributed by atoms with Crippen LogP contribution < -0.4 is 5.32 Å². The summed E-state index contributed by atoms with van der Waals surface area (Å²) in [6.45, 7) is 5.44. The van der Waals surface area contributed by atoms with Gasteiger partial charge in [-0.15, -0.1) is 0 Å². The molecule has 0 atom stereocenters. The molecule has 0 spiro atoms. The molecular formula is C24H39NO2. The van der Waals surface area contributed by atoms with Gasteiger partial charge in [-0.25, -0.2) is 4.79 Å². The average Bonchev–Trinajstić information content (AvgIpc) is 2.69. The van der Waals surface area contributed by atoms with Crippen molar-refractivity contribution in [2.45, 2.75) is 84.5 Å². The van der Waals surface area contributed by atoms with Crippen LogP contribution in [0, 0.1) is 0 Å². The van der Waals surface area contributed by atoms with Crippen molar-refractivity contribution in [2.24, 2.45) is 0 Å². The third kappa shape index (κ3) is 12.3. The minimum absolute atomic E-state index is 0.259. The second-order valence-electron chi connectivity index (χ2n) is 7.10. The molecule has 1 aromatic carbocycles. The van der Waals surface area contributed by atoms with Crippen molar-refractivity contribution in [3.05, 3.63) is 42.0 Å². The molecule has 0 aromatic heterocycles. The van der Waals surface area contributed by atoms with E-state index in [-0.39, 0.29) is 5.97 Å². The van der Waals surface area contributed by atoms with Crippen LogP contribution in [0.3, 0.4) is 0 Å². The summed E-state index contributed by atoms with van der Waals surface area (Å²) in [6, 6.07) is 7.49. The van der Waals surface area contributed by atoms with Gasteiger partial charge in [0.1, 0.15) is 0 Å². The van der Waals surface area contributed by atoms with E-state index in [2.05, 4.69) is 24.4 Å². The molecule has 1 N–H and O–H groups in total. The average molecular weight is 374 g/mol. The Morgan fingerprint density at radius 2 is 1.44 bits per heavy atom. The first-order valence-corrected chi connectivity index (χ1v) is 10.9. The molecule has 1 aromatic rings. The Balaban J connectivity index is 1.97. The van der Waals surface area contributed by atoms with Crippen LogP contribution in [0.15, 0.2) is 36.4 Å². The van der Waals surface area contributed by atoms with Crippen molar-refractivity contribution in [3.8, 4) is 0 Å². The number of carbonyl (C=O) groups excluding carboxylic acids is 1. The lowest BCUT2D eigenvalue weighted by atomic mass is 10.1. The van der Waals surface area contributed by atoms with Gasteiger partial charge in [-0.2, -0.15) is 0 Å². The van der Waals surface area contributed by atoms with Crippen molar-refractivity contribution in [2.75, 3.05) is 18.5 Å². The molecule has 0 aliphatic carbocycles. The lowest BCUT2D eigenvalue weighted by molar-refractivity contribution is 0.0526. The van der Waals surface area contributed by atoms with Crippen LogP contribution in [0.5, 0.6) is 0 Å². The van der Waals surface area contributed by atoms with E-state index < -0.39 is 0 Å². The maximum atomic E-state index is 11.6. The summed E-state index contributed by atoms with van der Waals surface area (Å²) < 4.78 is 4.99. The highest BCUT2D eigenvalue weighted by Crippen LogP contribution is 2.12. The van der Waals surface area contributed by atoms with Gasteiger partial charge in [0.05, 0.1) is 12.2 Å². The second kappa shape index (κ2) is 16.4. The maximum absolute atomic E-state index is 11.6. The number of anilines is 1. The molecule has 0 bridgehead atoms. The topological polar surface area (TPSA) is 38.3 Å². The summed E-state index contributed by atoms with van der Waals surface area (Å²) in [7, 11) is 0. The zero-order valence-corrected chi connectivity index (χ0v) is 17.5. The van der Waals surface area contributed by atoms with E-state index in [9.17, 15) is 4.79 Å². The monoisotopic (exact) mass is 373 g/mol. The van der Waals surface area contributed by atoms with Crippen LogP contribution in [0.25, 0.3) is 0 Å². The summed E-state index contributed by atoms with van der Waals surface area (Å²) >= 11 is 0. The van der Waals surface area contributed by atoms with Crippen molar-refractivity contribution in [1.29, 1.82) is 0 Å². The second-order valence-corrected chi connectivity index (χ2v) is 7.10. The number of esters is 1. The number of allylic oxidation sites excluding steroid dienone is 2. The van der Waals surface area contributed by atoms with E-state index in [0.717, 1.165) is 25.1 Å². The summed E-state index contributed by atoms with van der Waals surface area (Å²) in [5.41, 5.74) is 1.65. The predicted molar refractivity (Wildman–Crippen MR) is 116 cm³/mol. The minimum Gasteiger partial charge on any atom is -0.462 e. The largest absolute Gasteiger partial charge is 0.462 e. The van der Waals surface area contributed by atoms with E-state index in [4.69, 9.17) is 4.74 Å². The number of unbranched alkanes of at least 4 members (excludes halogenated alkanes) is 9. The molecular weight excluding hydrogens is 334 g/mol. The molecule has 0 saturated carbocycles. The first kappa shape index (κ1) is 23.3. The van der Waals surface area contributed by atoms with Gasteiger partial charge in [0, 0.05) is 12.2 Å². The van der Waals surface area contributed by atoms with E-state index in [1.54, 1.807) is 0 Å². The lowest BCUT2D eigenvalue weighted by Crippen LogP contribution is -2.05. The standard InChI is InChI=1S/C24H39NO2/c1-3-5-6-7-8-9-10-11-12-13-14-15-16-21-25-23-19-17-22(18-20-23)24(26)27-4-2/h13-14,17-20,25H,3-12,15-16,21H2,1-2H3/b14-13+. The zero-order chi connectivity index (χ0) is 19.6. The molecule has 0 heterocycles. The molecule has 0 aliphatic heterocycles. The van der Waals surface area contributed by atoms with E-state index in [1.165, 1.54) is 57.8 Å². The summed E-state index contributed by atoms with van der Waals surface area (Å²) in [5.74, 6) is -0.259. The van der Waals surface area contributed by atoms with Crippen molar-refractivity contribution in [3.63, 3.8) is 0 Å². The Morgan fingerprint density at radius 1 is 0.852 bits per heavy atom. The summed E-state index contributed by atoms with van der Waals surface area (Å²) in [6.07, 6.45) is 19.2. The number of nitrogens with one attached hydrogen (secondary N) is 1. The first-order valence-electron chi connectivity index (χ1n) is 10.9. The molecule has 0 amide bonds. The fraction of sp³-hybridized carbons (Fsp3) is 0.625. The van der Waals surface area contributed by atoms with E-state index in [1.807, 2.05) is 31.2 Å². The maximum Gasteiger partial charge on any atom is 0.338 e. The van der Waals surface area contributed by atoms with Gasteiger partial charge in [-0.05, 0) is 56.9 Å². The van der Waals surface area contributed by atoms with Gasteiger partial charge in [0.25, 0.3) is 0 Å². The predicted octanol–water partition coefficient (Wildman–Crippen LogP) is 7.14. The highest BCUT2D eigenvalue weighted by Gasteiger charge is 2.04. The number of ether oxygens (including phenoxy) is 1. The van der Waals surface area contributed by atoms with Crippen LogP contribution in [0.2, 0.25) is 0 Å².